The minimum absolute atomic E-state index is 0. The zero-order chi connectivity index (χ0) is 17.9. The maximum atomic E-state index is 8.52. The van der Waals surface area contributed by atoms with Crippen LogP contribution in [0.25, 0.3) is 0 Å². The summed E-state index contributed by atoms with van der Waals surface area (Å²) in [5, 5.41) is 0. The summed E-state index contributed by atoms with van der Waals surface area (Å²) in [6.07, 6.45) is 0. The van der Waals surface area contributed by atoms with Crippen molar-refractivity contribution in [2.24, 2.45) is 0 Å². The van der Waals surface area contributed by atoms with E-state index in [0.717, 1.165) is 0 Å². The summed E-state index contributed by atoms with van der Waals surface area (Å²) in [7, 11) is -18.1. The Morgan fingerprint density at radius 3 is 0.346 bits per heavy atom. The molecule has 0 atom stereocenters. The van der Waals surface area contributed by atoms with E-state index in [-0.39, 0.29) is 140 Å². The molecule has 0 saturated heterocycles. The second kappa shape index (κ2) is 63.0. The molecule has 0 aromatic rings. The fourth-order valence-electron chi connectivity index (χ4n) is 0. The molecular weight excluding hydrogens is 529 g/mol. The van der Waals surface area contributed by atoms with Crippen LogP contribution in [0.5, 0.6) is 0 Å². The molecule has 0 amide bonds. The first-order chi connectivity index (χ1) is 8.66. The van der Waals surface area contributed by atoms with E-state index in [0.29, 0.717) is 0 Å². The van der Waals surface area contributed by atoms with E-state index in [1.807, 2.05) is 0 Å². The maximum absolute atomic E-state index is 8.52. The van der Waals surface area contributed by atoms with Crippen LogP contribution in [0, 0.1) is 0 Å². The van der Waals surface area contributed by atoms with Crippen molar-refractivity contribution in [3.05, 3.63) is 0 Å². The van der Waals surface area contributed by atoms with Crippen LogP contribution in [0.15, 0.2) is 0 Å². The Bertz CT molecular complexity index is 231. The molecular formula is H2Al2Mg2Na2O15Si5. The van der Waals surface area contributed by atoms with Crippen LogP contribution in [-0.2, 0) is 22.3 Å². The third-order valence-corrected chi connectivity index (χ3v) is 0. The summed E-state index contributed by atoms with van der Waals surface area (Å²) in [4.78, 5) is 85.2. The second-order valence-corrected chi connectivity index (χ2v) is 3.75. The quantitative estimate of drug-likeness (QED) is 0.262. The Hall–Kier alpha value is 2.68. The van der Waals surface area contributed by atoms with E-state index in [9.17, 15) is 0 Å². The average molecular weight is 531 g/mol. The molecule has 0 aliphatic carbocycles. The summed E-state index contributed by atoms with van der Waals surface area (Å²) >= 11 is 0. The zero-order valence-electron chi connectivity index (χ0n) is 11.2. The molecule has 15 nitrogen and oxygen atoms in total. The van der Waals surface area contributed by atoms with Crippen molar-refractivity contribution in [2.75, 3.05) is 0 Å². The topological polar surface area (TPSA) is 316 Å². The summed E-state index contributed by atoms with van der Waals surface area (Å²) in [5.74, 6) is 0. The predicted molar refractivity (Wildman–Crippen MR) is 69.5 cm³/mol. The van der Waals surface area contributed by atoms with Gasteiger partial charge < -0.3 is 70.3 Å². The fraction of sp³-hybridized carbons (Fsp3) is 0. The van der Waals surface area contributed by atoms with Gasteiger partial charge in [0.2, 0.25) is 0 Å². The van der Waals surface area contributed by atoms with Crippen molar-refractivity contribution >= 4 is 186 Å². The van der Waals surface area contributed by atoms with Crippen LogP contribution >= 0.6 is 0 Å². The van der Waals surface area contributed by atoms with Crippen molar-refractivity contribution < 1.29 is 70.3 Å². The van der Waals surface area contributed by atoms with E-state index in [4.69, 9.17) is 70.3 Å². The molecule has 0 aliphatic heterocycles. The van der Waals surface area contributed by atoms with E-state index in [1.54, 1.807) is 0 Å². The molecule has 124 valence electrons. The van der Waals surface area contributed by atoms with Gasteiger partial charge in [-0.25, -0.2) is 0 Å². The summed E-state index contributed by atoms with van der Waals surface area (Å²) in [5.41, 5.74) is 0. The Morgan fingerprint density at radius 1 is 0.346 bits per heavy atom. The van der Waals surface area contributed by atoms with Crippen LogP contribution in [-0.4, -0.2) is 186 Å². The van der Waals surface area contributed by atoms with Gasteiger partial charge in [0.1, 0.15) is 0 Å². The molecule has 0 aromatic heterocycles. The van der Waals surface area contributed by atoms with Crippen molar-refractivity contribution in [1.82, 2.24) is 0 Å². The normalized spacial score (nSPS) is 4.62. The van der Waals surface area contributed by atoms with Crippen LogP contribution in [0.4, 0.5) is 0 Å². The molecule has 0 saturated carbocycles. The molecule has 0 bridgehead atoms. The number of hydrogen-bond acceptors (Lipinski definition) is 15. The van der Waals surface area contributed by atoms with Crippen molar-refractivity contribution in [2.45, 2.75) is 0 Å². The van der Waals surface area contributed by atoms with E-state index in [2.05, 4.69) is 0 Å². The van der Waals surface area contributed by atoms with E-state index >= 15 is 0 Å². The third kappa shape index (κ3) is 2450. The van der Waals surface area contributed by atoms with Gasteiger partial charge in [0.15, 0.2) is 0 Å². The number of hydrogen-bond donors (Lipinski definition) is 0. The molecule has 26 heteroatoms. The van der Waals surface area contributed by atoms with Crippen LogP contribution < -0.4 is 48.0 Å². The summed E-state index contributed by atoms with van der Waals surface area (Å²) in [6, 6.07) is 0. The second-order valence-electron chi connectivity index (χ2n) is 1.25. The van der Waals surface area contributed by atoms with Gasteiger partial charge in [0.05, 0.1) is 0 Å². The van der Waals surface area contributed by atoms with Gasteiger partial charge in [0.25, 0.3) is 0 Å². The van der Waals surface area contributed by atoms with Gasteiger partial charge in [-0.15, -0.1) is 0 Å². The first-order valence-corrected chi connectivity index (χ1v) is 9.19. The Kier molecular flexibility index (Phi) is 170. The Balaban J connectivity index is -0.0000000114. The van der Waals surface area contributed by atoms with Gasteiger partial charge in [-0.05, 0) is 0 Å². The molecule has 0 aromatic carbocycles. The fourth-order valence-corrected chi connectivity index (χ4v) is 0. The minimum atomic E-state index is -3.63. The van der Waals surface area contributed by atoms with Gasteiger partial charge in [0, 0.05) is 45.9 Å². The summed E-state index contributed by atoms with van der Waals surface area (Å²) < 4.78 is 42.6. The third-order valence-electron chi connectivity index (χ3n) is 0. The number of rotatable bonds is 0. The van der Waals surface area contributed by atoms with Gasteiger partial charge in [-0.2, -0.15) is 0 Å². The van der Waals surface area contributed by atoms with Gasteiger partial charge in [-0.1, -0.05) is 0 Å². The average Bonchev–Trinajstić information content (AvgIpc) is 1.94. The molecule has 0 unspecified atom stereocenters. The molecule has 0 fully saturated rings. The van der Waals surface area contributed by atoms with Crippen molar-refractivity contribution in [3.63, 3.8) is 0 Å². The zero-order valence-corrected chi connectivity index (χ0v) is 21.3. The molecule has 0 spiro atoms. The Morgan fingerprint density at radius 2 is 0.346 bits per heavy atom. The van der Waals surface area contributed by atoms with E-state index < -0.39 is 45.9 Å². The SMILES string of the molecule is O=[Si]([O-])[O-].O=[Si]([O-])[O-].O=[Si]([O-])[O-].O=[Si]([O-])[O-].O=[Si]([O-])[O-].[Al+3].[Al+3].[Mg+2].[Mg+2].[NaH].[NaH]. The van der Waals surface area contributed by atoms with Gasteiger partial charge in [-0.3, -0.25) is 0 Å². The molecule has 0 aliphatic rings. The standard InChI is InChI=1S/2Al.2Mg.2Na.5O3Si.2H/c;;;;;;5*1-4(2)3;;/q2*+3;2*+2;;;5*-2;;. The molecule has 0 radical (unpaired) electrons. The van der Waals surface area contributed by atoms with Crippen molar-refractivity contribution in [3.8, 4) is 0 Å². The van der Waals surface area contributed by atoms with E-state index in [1.165, 1.54) is 0 Å². The molecule has 0 rings (SSSR count). The summed E-state index contributed by atoms with van der Waals surface area (Å²) in [6.45, 7) is 0. The molecule has 0 N–H and O–H groups in total. The predicted octanol–water partition coefficient (Wildman–Crippen LogP) is -17.2. The van der Waals surface area contributed by atoms with Crippen LogP contribution in [0.3, 0.4) is 0 Å². The van der Waals surface area contributed by atoms with Crippen LogP contribution in [0.1, 0.15) is 0 Å². The molecule has 0 heterocycles. The molecule has 26 heavy (non-hydrogen) atoms. The monoisotopic (exact) mass is 530 g/mol. The van der Waals surface area contributed by atoms with Crippen LogP contribution in [0.2, 0.25) is 0 Å². The first kappa shape index (κ1) is 70.3. The van der Waals surface area contributed by atoms with Crippen molar-refractivity contribution in [1.29, 1.82) is 0 Å². The Labute approximate surface area is 252 Å². The van der Waals surface area contributed by atoms with Gasteiger partial charge >= 0.3 is 140 Å². The first-order valence-electron chi connectivity index (χ1n) is 3.06.